The second kappa shape index (κ2) is 4.24. The number of nitrogens with zero attached hydrogens (tertiary/aromatic N) is 1. The Balaban J connectivity index is 2.12. The molecular weight excluding hydrogens is 228 g/mol. The molecule has 0 radical (unpaired) electrons. The number of hydrogen-bond acceptors (Lipinski definition) is 3. The van der Waals surface area contributed by atoms with Crippen molar-refractivity contribution in [1.29, 1.82) is 0 Å². The van der Waals surface area contributed by atoms with E-state index in [9.17, 15) is 0 Å². The molecule has 1 aromatic heterocycles. The fourth-order valence-corrected chi connectivity index (χ4v) is 3.73. The summed E-state index contributed by atoms with van der Waals surface area (Å²) >= 11 is 1.85. The van der Waals surface area contributed by atoms with Crippen LogP contribution in [0, 0.1) is 0 Å². The van der Waals surface area contributed by atoms with Gasteiger partial charge in [0.05, 0.1) is 5.69 Å². The van der Waals surface area contributed by atoms with Crippen molar-refractivity contribution in [3.05, 3.63) is 39.7 Å². The van der Waals surface area contributed by atoms with Crippen molar-refractivity contribution in [2.45, 2.75) is 25.8 Å². The molecule has 1 aliphatic carbocycles. The van der Waals surface area contributed by atoms with Crippen LogP contribution in [0.5, 0.6) is 0 Å². The van der Waals surface area contributed by atoms with Crippen molar-refractivity contribution in [1.82, 2.24) is 10.3 Å². The second-order valence-electron chi connectivity index (χ2n) is 4.60. The molecule has 1 aromatic carbocycles. The van der Waals surface area contributed by atoms with Crippen LogP contribution in [-0.4, -0.2) is 12.0 Å². The van der Waals surface area contributed by atoms with E-state index >= 15 is 0 Å². The summed E-state index contributed by atoms with van der Waals surface area (Å²) in [6, 6.07) is 8.67. The Labute approximate surface area is 106 Å². The number of thiazole rings is 1. The van der Waals surface area contributed by atoms with E-state index in [1.807, 2.05) is 18.4 Å². The van der Waals surface area contributed by atoms with Gasteiger partial charge in [-0.3, -0.25) is 0 Å². The molecule has 3 heteroatoms. The van der Waals surface area contributed by atoms with Crippen LogP contribution in [0.25, 0.3) is 11.3 Å². The molecule has 2 aromatic rings. The van der Waals surface area contributed by atoms with E-state index in [1.54, 1.807) is 0 Å². The van der Waals surface area contributed by atoms with E-state index in [0.717, 1.165) is 13.0 Å². The Morgan fingerprint density at radius 1 is 1.41 bits per heavy atom. The zero-order valence-electron chi connectivity index (χ0n) is 10.2. The first-order chi connectivity index (χ1) is 8.29. The van der Waals surface area contributed by atoms with Gasteiger partial charge in [-0.25, -0.2) is 4.98 Å². The van der Waals surface area contributed by atoms with Crippen LogP contribution in [-0.2, 0) is 13.0 Å². The van der Waals surface area contributed by atoms with Gasteiger partial charge in [0.15, 0.2) is 0 Å². The SMILES string of the molecule is CNCc1nc2c(s1)CC(C)c1ccccc1-2. The standard InChI is InChI=1S/C14H16N2S/c1-9-7-12-14(16-13(17-12)8-15-2)11-6-4-3-5-10(9)11/h3-6,9,15H,7-8H2,1-2H3. The fourth-order valence-electron chi connectivity index (χ4n) is 2.51. The van der Waals surface area contributed by atoms with Crippen molar-refractivity contribution in [3.8, 4) is 11.3 Å². The summed E-state index contributed by atoms with van der Waals surface area (Å²) in [5, 5.41) is 4.37. The van der Waals surface area contributed by atoms with Crippen molar-refractivity contribution >= 4 is 11.3 Å². The summed E-state index contributed by atoms with van der Waals surface area (Å²) in [4.78, 5) is 6.22. The predicted octanol–water partition coefficient (Wildman–Crippen LogP) is 3.19. The zero-order valence-corrected chi connectivity index (χ0v) is 11.0. The van der Waals surface area contributed by atoms with Crippen LogP contribution in [0.1, 0.15) is 28.3 Å². The number of nitrogens with one attached hydrogen (secondary N) is 1. The largest absolute Gasteiger partial charge is 0.314 e. The summed E-state index contributed by atoms with van der Waals surface area (Å²) in [6.45, 7) is 3.17. The Morgan fingerprint density at radius 2 is 2.24 bits per heavy atom. The van der Waals surface area contributed by atoms with Gasteiger partial charge in [0.1, 0.15) is 5.01 Å². The highest BCUT2D eigenvalue weighted by Gasteiger charge is 2.24. The van der Waals surface area contributed by atoms with Crippen LogP contribution in [0.15, 0.2) is 24.3 Å². The van der Waals surface area contributed by atoms with Gasteiger partial charge in [0.25, 0.3) is 0 Å². The minimum Gasteiger partial charge on any atom is -0.314 e. The van der Waals surface area contributed by atoms with Gasteiger partial charge in [-0.1, -0.05) is 31.2 Å². The molecule has 0 bridgehead atoms. The highest BCUT2D eigenvalue weighted by atomic mass is 32.1. The van der Waals surface area contributed by atoms with Crippen LogP contribution in [0.3, 0.4) is 0 Å². The Morgan fingerprint density at radius 3 is 3.06 bits per heavy atom. The van der Waals surface area contributed by atoms with Gasteiger partial charge >= 0.3 is 0 Å². The van der Waals surface area contributed by atoms with Crippen molar-refractivity contribution in [3.63, 3.8) is 0 Å². The zero-order chi connectivity index (χ0) is 11.8. The van der Waals surface area contributed by atoms with Crippen LogP contribution in [0.2, 0.25) is 0 Å². The summed E-state index contributed by atoms with van der Waals surface area (Å²) in [6.07, 6.45) is 1.13. The molecule has 1 N–H and O–H groups in total. The van der Waals surface area contributed by atoms with E-state index in [4.69, 9.17) is 4.98 Å². The highest BCUT2D eigenvalue weighted by Crippen LogP contribution is 2.41. The van der Waals surface area contributed by atoms with Crippen LogP contribution in [0.4, 0.5) is 0 Å². The molecule has 2 nitrogen and oxygen atoms in total. The first-order valence-electron chi connectivity index (χ1n) is 6.02. The van der Waals surface area contributed by atoms with E-state index < -0.39 is 0 Å². The molecular formula is C14H16N2S. The molecule has 0 aliphatic heterocycles. The van der Waals surface area contributed by atoms with Gasteiger partial charge in [0, 0.05) is 17.0 Å². The Bertz CT molecular complexity index is 545. The maximum Gasteiger partial charge on any atom is 0.107 e. The van der Waals surface area contributed by atoms with E-state index in [0.29, 0.717) is 5.92 Å². The molecule has 88 valence electrons. The molecule has 1 aliphatic rings. The lowest BCUT2D eigenvalue weighted by Gasteiger charge is -2.21. The normalized spacial score (nSPS) is 17.6. The fraction of sp³-hybridized carbons (Fsp3) is 0.357. The molecule has 0 saturated carbocycles. The van der Waals surface area contributed by atoms with Crippen LogP contribution >= 0.6 is 11.3 Å². The topological polar surface area (TPSA) is 24.9 Å². The van der Waals surface area contributed by atoms with Gasteiger partial charge in [-0.15, -0.1) is 11.3 Å². The molecule has 1 heterocycles. The quantitative estimate of drug-likeness (QED) is 0.877. The monoisotopic (exact) mass is 244 g/mol. The van der Waals surface area contributed by atoms with E-state index in [2.05, 4.69) is 36.5 Å². The summed E-state index contributed by atoms with van der Waals surface area (Å²) in [5.41, 5.74) is 4.00. The summed E-state index contributed by atoms with van der Waals surface area (Å²) < 4.78 is 0. The first-order valence-corrected chi connectivity index (χ1v) is 6.83. The third-order valence-electron chi connectivity index (χ3n) is 3.31. The van der Waals surface area contributed by atoms with Crippen molar-refractivity contribution in [2.24, 2.45) is 0 Å². The smallest absolute Gasteiger partial charge is 0.107 e. The molecule has 0 amide bonds. The molecule has 3 rings (SSSR count). The van der Waals surface area contributed by atoms with E-state index in [-0.39, 0.29) is 0 Å². The molecule has 1 unspecified atom stereocenters. The summed E-state index contributed by atoms with van der Waals surface area (Å²) in [7, 11) is 1.97. The third kappa shape index (κ3) is 1.79. The summed E-state index contributed by atoms with van der Waals surface area (Å²) in [5.74, 6) is 0.613. The molecule has 1 atom stereocenters. The number of aromatic nitrogens is 1. The number of benzene rings is 1. The maximum atomic E-state index is 4.77. The third-order valence-corrected chi connectivity index (χ3v) is 4.39. The van der Waals surface area contributed by atoms with Gasteiger partial charge in [-0.2, -0.15) is 0 Å². The minimum absolute atomic E-state index is 0.613. The Hall–Kier alpha value is -1.19. The van der Waals surface area contributed by atoms with Gasteiger partial charge in [0.2, 0.25) is 0 Å². The lowest BCUT2D eigenvalue weighted by atomic mass is 9.86. The molecule has 0 fully saturated rings. The lowest BCUT2D eigenvalue weighted by molar-refractivity contribution is 0.756. The molecule has 0 spiro atoms. The second-order valence-corrected chi connectivity index (χ2v) is 5.77. The average Bonchev–Trinajstić information content (AvgIpc) is 2.73. The molecule has 17 heavy (non-hydrogen) atoms. The number of fused-ring (bicyclic) bond motifs is 3. The highest BCUT2D eigenvalue weighted by molar-refractivity contribution is 7.12. The number of rotatable bonds is 2. The first kappa shape index (κ1) is 10.9. The number of hydrogen-bond donors (Lipinski definition) is 1. The predicted molar refractivity (Wildman–Crippen MR) is 72.4 cm³/mol. The molecule has 0 saturated heterocycles. The van der Waals surface area contributed by atoms with Crippen LogP contribution < -0.4 is 5.32 Å². The van der Waals surface area contributed by atoms with Crippen molar-refractivity contribution < 1.29 is 0 Å². The average molecular weight is 244 g/mol. The van der Waals surface area contributed by atoms with Crippen molar-refractivity contribution in [2.75, 3.05) is 7.05 Å². The Kier molecular flexibility index (Phi) is 2.73. The minimum atomic E-state index is 0.613. The van der Waals surface area contributed by atoms with E-state index in [1.165, 1.54) is 26.7 Å². The lowest BCUT2D eigenvalue weighted by Crippen LogP contribution is -2.06. The van der Waals surface area contributed by atoms with Gasteiger partial charge < -0.3 is 5.32 Å². The maximum absolute atomic E-state index is 4.77. The van der Waals surface area contributed by atoms with Gasteiger partial charge in [-0.05, 0) is 24.9 Å².